The summed E-state index contributed by atoms with van der Waals surface area (Å²) in [6.07, 6.45) is -4.27. The first kappa shape index (κ1) is 19.8. The summed E-state index contributed by atoms with van der Waals surface area (Å²) in [5, 5.41) is 4.78. The van der Waals surface area contributed by atoms with E-state index in [2.05, 4.69) is 5.16 Å². The Morgan fingerprint density at radius 2 is 1.69 bits per heavy atom. The molecule has 6 rings (SSSR count). The van der Waals surface area contributed by atoms with Gasteiger partial charge in [0.15, 0.2) is 0 Å². The molecule has 0 aromatic heterocycles. The number of carbonyl (C=O) groups is 2. The molecule has 2 heterocycles. The van der Waals surface area contributed by atoms with E-state index in [1.54, 1.807) is 6.07 Å². The molecule has 164 valence electrons. The molecule has 5 nitrogen and oxygen atoms in total. The smallest absolute Gasteiger partial charge is 0.391 e. The molecule has 0 radical (unpaired) electrons. The third-order valence-electron chi connectivity index (χ3n) is 7.27. The number of amides is 2. The molecule has 2 saturated carbocycles. The van der Waals surface area contributed by atoms with Gasteiger partial charge in [-0.2, -0.15) is 13.2 Å². The van der Waals surface area contributed by atoms with Crippen molar-refractivity contribution < 1.29 is 27.6 Å². The van der Waals surface area contributed by atoms with Crippen LogP contribution < -0.4 is 4.90 Å². The first-order valence-electron chi connectivity index (χ1n) is 10.3. The molecule has 0 spiro atoms. The molecular weight excluding hydrogens is 445 g/mol. The van der Waals surface area contributed by atoms with Gasteiger partial charge >= 0.3 is 6.18 Å². The summed E-state index contributed by atoms with van der Waals surface area (Å²) in [5.41, 5.74) is 0.459. The molecule has 3 fully saturated rings. The lowest BCUT2D eigenvalue weighted by molar-refractivity contribution is -0.137. The van der Waals surface area contributed by atoms with Crippen LogP contribution in [0.5, 0.6) is 0 Å². The minimum absolute atomic E-state index is 0.0466. The van der Waals surface area contributed by atoms with Gasteiger partial charge in [-0.1, -0.05) is 41.0 Å². The molecule has 2 bridgehead atoms. The summed E-state index contributed by atoms with van der Waals surface area (Å²) in [6, 6.07) is 11.6. The van der Waals surface area contributed by atoms with Crippen LogP contribution in [-0.4, -0.2) is 23.6 Å². The summed E-state index contributed by atoms with van der Waals surface area (Å²) in [7, 11) is 0. The van der Waals surface area contributed by atoms with Crippen molar-refractivity contribution in [3.8, 4) is 0 Å². The van der Waals surface area contributed by atoms with E-state index in [4.69, 9.17) is 16.4 Å². The van der Waals surface area contributed by atoms with Gasteiger partial charge in [0.2, 0.25) is 11.8 Å². The highest BCUT2D eigenvalue weighted by atomic mass is 35.5. The first-order valence-corrected chi connectivity index (χ1v) is 10.7. The molecule has 4 aliphatic rings. The number of alkyl halides is 3. The molecule has 6 atom stereocenters. The van der Waals surface area contributed by atoms with Crippen LogP contribution in [0.15, 0.2) is 53.7 Å². The molecule has 9 heteroatoms. The van der Waals surface area contributed by atoms with Crippen molar-refractivity contribution in [1.82, 2.24) is 0 Å². The SMILES string of the molecule is O=C1C2C3CC(C4C(c5ccccc5Cl)=NOC34)C2C(=O)N1c1cccc(C(F)(F)F)c1. The van der Waals surface area contributed by atoms with Gasteiger partial charge in [-0.05, 0) is 36.6 Å². The van der Waals surface area contributed by atoms with Gasteiger partial charge in [0.25, 0.3) is 0 Å². The average Bonchev–Trinajstić information content (AvgIpc) is 3.48. The molecule has 2 aromatic rings. The Balaban J connectivity index is 1.35. The van der Waals surface area contributed by atoms with Crippen molar-refractivity contribution in [1.29, 1.82) is 0 Å². The monoisotopic (exact) mass is 460 g/mol. The normalized spacial score (nSPS) is 32.8. The third kappa shape index (κ3) is 2.56. The van der Waals surface area contributed by atoms with Gasteiger partial charge in [-0.25, -0.2) is 0 Å². The van der Waals surface area contributed by atoms with Gasteiger partial charge in [0, 0.05) is 22.4 Å². The fraction of sp³-hybridized carbons (Fsp3) is 0.348. The number of nitrogens with zero attached hydrogens (tertiary/aromatic N) is 2. The van der Waals surface area contributed by atoms with Crippen molar-refractivity contribution >= 4 is 34.8 Å². The molecule has 0 N–H and O–H groups in total. The van der Waals surface area contributed by atoms with E-state index in [1.807, 2.05) is 18.2 Å². The molecule has 32 heavy (non-hydrogen) atoms. The average molecular weight is 461 g/mol. The molecule has 6 unspecified atom stereocenters. The van der Waals surface area contributed by atoms with Crippen molar-refractivity contribution in [2.45, 2.75) is 18.7 Å². The number of fused-ring (bicyclic) bond motifs is 8. The van der Waals surface area contributed by atoms with Crippen molar-refractivity contribution in [3.63, 3.8) is 0 Å². The standard InChI is InChI=1S/C23H16ClF3N2O3/c24-15-7-2-1-6-12(15)19-18-13-9-14(20(18)32-28-19)17-16(13)21(30)29(22(17)31)11-5-3-4-10(8-11)23(25,26)27/h1-8,13-14,16-18,20H,9H2. The van der Waals surface area contributed by atoms with E-state index in [0.29, 0.717) is 17.2 Å². The fourth-order valence-corrected chi connectivity index (χ4v) is 6.33. The van der Waals surface area contributed by atoms with Crippen LogP contribution in [0.3, 0.4) is 0 Å². The maximum Gasteiger partial charge on any atom is 0.416 e. The highest BCUT2D eigenvalue weighted by Crippen LogP contribution is 2.62. The number of benzene rings is 2. The Bertz CT molecular complexity index is 1200. The van der Waals surface area contributed by atoms with Crippen LogP contribution in [0.2, 0.25) is 5.02 Å². The molecule has 2 aliphatic carbocycles. The Morgan fingerprint density at radius 1 is 0.969 bits per heavy atom. The van der Waals surface area contributed by atoms with E-state index in [-0.39, 0.29) is 29.5 Å². The maximum absolute atomic E-state index is 13.4. The Hall–Kier alpha value is -2.87. The number of carbonyl (C=O) groups excluding carboxylic acids is 2. The van der Waals surface area contributed by atoms with E-state index >= 15 is 0 Å². The lowest BCUT2D eigenvalue weighted by Crippen LogP contribution is -2.41. The second-order valence-electron chi connectivity index (χ2n) is 8.73. The Kier molecular flexibility index (Phi) is 4.06. The minimum atomic E-state index is -4.57. The number of oxime groups is 1. The topological polar surface area (TPSA) is 59.0 Å². The quantitative estimate of drug-likeness (QED) is 0.618. The predicted molar refractivity (Wildman–Crippen MR) is 109 cm³/mol. The second-order valence-corrected chi connectivity index (χ2v) is 9.13. The zero-order chi connectivity index (χ0) is 22.4. The van der Waals surface area contributed by atoms with E-state index in [9.17, 15) is 22.8 Å². The zero-order valence-corrected chi connectivity index (χ0v) is 17.2. The number of imide groups is 1. The summed E-state index contributed by atoms with van der Waals surface area (Å²) in [5.74, 6) is -2.69. The van der Waals surface area contributed by atoms with Crippen LogP contribution in [0.25, 0.3) is 0 Å². The highest BCUT2D eigenvalue weighted by Gasteiger charge is 2.70. The van der Waals surface area contributed by atoms with Crippen LogP contribution in [0.4, 0.5) is 18.9 Å². The maximum atomic E-state index is 13.4. The van der Waals surface area contributed by atoms with E-state index in [1.165, 1.54) is 12.1 Å². The summed E-state index contributed by atoms with van der Waals surface area (Å²) in [6.45, 7) is 0. The number of hydrogen-bond donors (Lipinski definition) is 0. The second kappa shape index (κ2) is 6.57. The van der Waals surface area contributed by atoms with Gasteiger partial charge in [-0.3, -0.25) is 14.5 Å². The van der Waals surface area contributed by atoms with Crippen molar-refractivity contribution in [2.24, 2.45) is 34.7 Å². The van der Waals surface area contributed by atoms with Crippen molar-refractivity contribution in [3.05, 3.63) is 64.7 Å². The van der Waals surface area contributed by atoms with Gasteiger partial charge in [0.1, 0.15) is 6.10 Å². The summed E-state index contributed by atoms with van der Waals surface area (Å²) in [4.78, 5) is 33.3. The molecule has 2 aromatic carbocycles. The molecule has 1 saturated heterocycles. The predicted octanol–water partition coefficient (Wildman–Crippen LogP) is 4.53. The van der Waals surface area contributed by atoms with Crippen LogP contribution in [-0.2, 0) is 20.6 Å². The summed E-state index contributed by atoms with van der Waals surface area (Å²) < 4.78 is 39.5. The molecule has 2 aliphatic heterocycles. The number of anilines is 1. The first-order chi connectivity index (χ1) is 15.3. The Labute approximate surface area is 185 Å². The van der Waals surface area contributed by atoms with E-state index in [0.717, 1.165) is 22.6 Å². The number of hydrogen-bond acceptors (Lipinski definition) is 4. The number of halogens is 4. The highest BCUT2D eigenvalue weighted by molar-refractivity contribution is 6.34. The molecule has 2 amide bonds. The van der Waals surface area contributed by atoms with E-state index < -0.39 is 35.4 Å². The van der Waals surface area contributed by atoms with Crippen LogP contribution >= 0.6 is 11.6 Å². The number of rotatable bonds is 2. The minimum Gasteiger partial charge on any atom is -0.391 e. The lowest BCUT2D eigenvalue weighted by Gasteiger charge is -2.30. The lowest BCUT2D eigenvalue weighted by atomic mass is 9.71. The molecular formula is C23H16ClF3N2O3. The van der Waals surface area contributed by atoms with Crippen molar-refractivity contribution in [2.75, 3.05) is 4.90 Å². The fourth-order valence-electron chi connectivity index (χ4n) is 6.09. The van der Waals surface area contributed by atoms with Crippen LogP contribution in [0, 0.1) is 29.6 Å². The largest absolute Gasteiger partial charge is 0.416 e. The van der Waals surface area contributed by atoms with Crippen LogP contribution in [0.1, 0.15) is 17.5 Å². The summed E-state index contributed by atoms with van der Waals surface area (Å²) >= 11 is 6.36. The van der Waals surface area contributed by atoms with Gasteiger partial charge < -0.3 is 4.84 Å². The Morgan fingerprint density at radius 3 is 2.41 bits per heavy atom. The third-order valence-corrected chi connectivity index (χ3v) is 7.60. The zero-order valence-electron chi connectivity index (χ0n) is 16.4. The van der Waals surface area contributed by atoms with Gasteiger partial charge in [-0.15, -0.1) is 0 Å². The van der Waals surface area contributed by atoms with Gasteiger partial charge in [0.05, 0.1) is 28.8 Å².